The van der Waals surface area contributed by atoms with Gasteiger partial charge in [0.15, 0.2) is 0 Å². The van der Waals surface area contributed by atoms with Gasteiger partial charge in [0.25, 0.3) is 0 Å². The number of nitrogens with one attached hydrogen (secondary N) is 1. The van der Waals surface area contributed by atoms with Gasteiger partial charge in [-0.15, -0.1) is 0 Å². The van der Waals surface area contributed by atoms with Crippen molar-refractivity contribution >= 4 is 29.1 Å². The van der Waals surface area contributed by atoms with E-state index in [0.717, 1.165) is 38.0 Å². The number of amides is 1. The Labute approximate surface area is 122 Å². The molecule has 3 rings (SSSR count). The summed E-state index contributed by atoms with van der Waals surface area (Å²) in [6.45, 7) is 2.45. The van der Waals surface area contributed by atoms with E-state index in [1.807, 2.05) is 0 Å². The molecule has 2 atom stereocenters. The maximum absolute atomic E-state index is 11.7. The van der Waals surface area contributed by atoms with Crippen LogP contribution in [0, 0.1) is 5.92 Å². The SMILES string of the molecule is O=C1NCC2C1CCCN2Cc1cnc(Cl)cc1Cl. The van der Waals surface area contributed by atoms with Gasteiger partial charge in [-0.25, -0.2) is 4.98 Å². The molecule has 6 heteroatoms. The van der Waals surface area contributed by atoms with Crippen LogP contribution in [0.5, 0.6) is 0 Å². The minimum atomic E-state index is 0.132. The van der Waals surface area contributed by atoms with Gasteiger partial charge < -0.3 is 5.32 Å². The zero-order valence-electron chi connectivity index (χ0n) is 10.4. The molecule has 1 aromatic heterocycles. The van der Waals surface area contributed by atoms with Crippen LogP contribution in [0.1, 0.15) is 18.4 Å². The van der Waals surface area contributed by atoms with Crippen molar-refractivity contribution in [3.8, 4) is 0 Å². The first-order chi connectivity index (χ1) is 9.15. The molecule has 0 spiro atoms. The van der Waals surface area contributed by atoms with Gasteiger partial charge in [-0.1, -0.05) is 23.2 Å². The summed E-state index contributed by atoms with van der Waals surface area (Å²) in [5, 5.41) is 3.99. The third-order valence-corrected chi connectivity index (χ3v) is 4.54. The van der Waals surface area contributed by atoms with Gasteiger partial charge in [-0.05, 0) is 25.5 Å². The van der Waals surface area contributed by atoms with Gasteiger partial charge in [-0.2, -0.15) is 0 Å². The van der Waals surface area contributed by atoms with Gasteiger partial charge in [0.05, 0.1) is 5.92 Å². The molecule has 0 saturated carbocycles. The number of carbonyl (C=O) groups excluding carboxylic acids is 1. The lowest BCUT2D eigenvalue weighted by Crippen LogP contribution is -2.44. The highest BCUT2D eigenvalue weighted by molar-refractivity contribution is 6.34. The van der Waals surface area contributed by atoms with E-state index in [2.05, 4.69) is 15.2 Å². The fraction of sp³-hybridized carbons (Fsp3) is 0.538. The number of nitrogens with zero attached hydrogens (tertiary/aromatic N) is 2. The summed E-state index contributed by atoms with van der Waals surface area (Å²) in [6, 6.07) is 1.95. The predicted octanol–water partition coefficient (Wildman–Crippen LogP) is 2.10. The molecule has 0 bridgehead atoms. The molecule has 0 aromatic carbocycles. The second-order valence-corrected chi connectivity index (χ2v) is 5.92. The van der Waals surface area contributed by atoms with E-state index in [9.17, 15) is 4.79 Å². The van der Waals surface area contributed by atoms with Gasteiger partial charge >= 0.3 is 0 Å². The van der Waals surface area contributed by atoms with E-state index in [1.165, 1.54) is 0 Å². The van der Waals surface area contributed by atoms with Gasteiger partial charge in [-0.3, -0.25) is 9.69 Å². The van der Waals surface area contributed by atoms with Crippen LogP contribution in [-0.2, 0) is 11.3 Å². The predicted molar refractivity (Wildman–Crippen MR) is 74.2 cm³/mol. The molecule has 2 saturated heterocycles. The number of piperidine rings is 1. The van der Waals surface area contributed by atoms with Crippen molar-refractivity contribution in [2.24, 2.45) is 5.92 Å². The first-order valence-electron chi connectivity index (χ1n) is 6.47. The van der Waals surface area contributed by atoms with E-state index in [4.69, 9.17) is 23.2 Å². The highest BCUT2D eigenvalue weighted by Crippen LogP contribution is 2.30. The average Bonchev–Trinajstić information content (AvgIpc) is 2.76. The van der Waals surface area contributed by atoms with Crippen molar-refractivity contribution in [3.63, 3.8) is 0 Å². The molecule has 2 aliphatic rings. The zero-order chi connectivity index (χ0) is 13.4. The number of hydrogen-bond donors (Lipinski definition) is 1. The van der Waals surface area contributed by atoms with Crippen LogP contribution in [0.4, 0.5) is 0 Å². The number of carbonyl (C=O) groups is 1. The van der Waals surface area contributed by atoms with Gasteiger partial charge in [0.1, 0.15) is 5.15 Å². The summed E-state index contributed by atoms with van der Waals surface area (Å²) in [5.74, 6) is 0.322. The van der Waals surface area contributed by atoms with Crippen LogP contribution < -0.4 is 5.32 Å². The van der Waals surface area contributed by atoms with Crippen molar-refractivity contribution < 1.29 is 4.79 Å². The minimum Gasteiger partial charge on any atom is -0.354 e. The molecular formula is C13H15Cl2N3O. The summed E-state index contributed by atoms with van der Waals surface area (Å²) >= 11 is 12.0. The molecule has 2 unspecified atom stereocenters. The second kappa shape index (κ2) is 5.27. The molecule has 0 aliphatic carbocycles. The summed E-state index contributed by atoms with van der Waals surface area (Å²) in [4.78, 5) is 18.1. The topological polar surface area (TPSA) is 45.2 Å². The molecule has 1 N–H and O–H groups in total. The molecule has 2 aliphatic heterocycles. The van der Waals surface area contributed by atoms with Gasteiger partial charge in [0, 0.05) is 35.9 Å². The highest BCUT2D eigenvalue weighted by Gasteiger charge is 2.40. The van der Waals surface area contributed by atoms with Crippen LogP contribution in [0.2, 0.25) is 10.2 Å². The third-order valence-electron chi connectivity index (χ3n) is 3.99. The Hall–Kier alpha value is -0.840. The number of rotatable bonds is 2. The number of hydrogen-bond acceptors (Lipinski definition) is 3. The second-order valence-electron chi connectivity index (χ2n) is 5.13. The lowest BCUT2D eigenvalue weighted by molar-refractivity contribution is -0.124. The Morgan fingerprint density at radius 3 is 3.11 bits per heavy atom. The van der Waals surface area contributed by atoms with E-state index in [-0.39, 0.29) is 17.9 Å². The first-order valence-corrected chi connectivity index (χ1v) is 7.22. The van der Waals surface area contributed by atoms with Crippen molar-refractivity contribution in [1.29, 1.82) is 0 Å². The number of halogens is 2. The fourth-order valence-corrected chi connectivity index (χ4v) is 3.43. The van der Waals surface area contributed by atoms with Crippen LogP contribution in [0.15, 0.2) is 12.3 Å². The molecule has 4 nitrogen and oxygen atoms in total. The molecule has 102 valence electrons. The molecule has 0 radical (unpaired) electrons. The quantitative estimate of drug-likeness (QED) is 0.851. The number of likely N-dealkylation sites (tertiary alicyclic amines) is 1. The standard InChI is InChI=1S/C13H15Cl2N3O/c14-10-4-12(15)16-5-8(10)7-18-3-1-2-9-11(18)6-17-13(9)19/h4-5,9,11H,1-3,6-7H2,(H,17,19). The van der Waals surface area contributed by atoms with Crippen LogP contribution in [0.3, 0.4) is 0 Å². The van der Waals surface area contributed by atoms with Crippen molar-refractivity contribution in [1.82, 2.24) is 15.2 Å². The molecule has 3 heterocycles. The maximum atomic E-state index is 11.7. The first kappa shape index (κ1) is 13.2. The van der Waals surface area contributed by atoms with E-state index in [1.54, 1.807) is 12.3 Å². The molecule has 1 amide bonds. The zero-order valence-corrected chi connectivity index (χ0v) is 11.9. The molecule has 1 aromatic rings. The number of fused-ring (bicyclic) bond motifs is 1. The minimum absolute atomic E-state index is 0.132. The summed E-state index contributed by atoms with van der Waals surface area (Å²) in [5.41, 5.74) is 0.964. The smallest absolute Gasteiger partial charge is 0.224 e. The van der Waals surface area contributed by atoms with Crippen molar-refractivity contribution in [2.45, 2.75) is 25.4 Å². The Morgan fingerprint density at radius 1 is 1.47 bits per heavy atom. The molecule has 2 fully saturated rings. The lowest BCUT2D eigenvalue weighted by Gasteiger charge is -2.35. The van der Waals surface area contributed by atoms with Crippen LogP contribution in [-0.4, -0.2) is 34.9 Å². The molecule has 19 heavy (non-hydrogen) atoms. The monoisotopic (exact) mass is 299 g/mol. The van der Waals surface area contributed by atoms with Gasteiger partial charge in [0.2, 0.25) is 5.91 Å². The summed E-state index contributed by atoms with van der Waals surface area (Å²) in [6.07, 6.45) is 3.76. The largest absolute Gasteiger partial charge is 0.354 e. The lowest BCUT2D eigenvalue weighted by atomic mass is 9.91. The van der Waals surface area contributed by atoms with Crippen molar-refractivity contribution in [2.75, 3.05) is 13.1 Å². The maximum Gasteiger partial charge on any atom is 0.224 e. The van der Waals surface area contributed by atoms with E-state index < -0.39 is 0 Å². The van der Waals surface area contributed by atoms with Crippen molar-refractivity contribution in [3.05, 3.63) is 28.0 Å². The number of aromatic nitrogens is 1. The third kappa shape index (κ3) is 2.57. The van der Waals surface area contributed by atoms with E-state index in [0.29, 0.717) is 10.2 Å². The summed E-state index contributed by atoms with van der Waals surface area (Å²) in [7, 11) is 0. The van der Waals surface area contributed by atoms with Crippen LogP contribution >= 0.6 is 23.2 Å². The van der Waals surface area contributed by atoms with E-state index >= 15 is 0 Å². The molecular weight excluding hydrogens is 285 g/mol. The average molecular weight is 300 g/mol. The fourth-order valence-electron chi connectivity index (χ4n) is 3.01. The van der Waals surface area contributed by atoms with Crippen LogP contribution in [0.25, 0.3) is 0 Å². The Balaban J connectivity index is 1.77. The Morgan fingerprint density at radius 2 is 2.32 bits per heavy atom. The highest BCUT2D eigenvalue weighted by atomic mass is 35.5. The normalized spacial score (nSPS) is 27.2. The summed E-state index contributed by atoms with van der Waals surface area (Å²) < 4.78 is 0. The number of pyridine rings is 1. The Kier molecular flexibility index (Phi) is 3.65. The Bertz CT molecular complexity index is 509.